The van der Waals surface area contributed by atoms with E-state index in [1.54, 1.807) is 24.3 Å². The zero-order chi connectivity index (χ0) is 17.8. The molecule has 0 aromatic heterocycles. The highest BCUT2D eigenvalue weighted by Crippen LogP contribution is 2.24. The Morgan fingerprint density at radius 2 is 1.80 bits per heavy atom. The van der Waals surface area contributed by atoms with Crippen molar-refractivity contribution < 1.29 is 9.59 Å². The van der Waals surface area contributed by atoms with E-state index in [9.17, 15) is 9.59 Å². The molecule has 7 heteroatoms. The second kappa shape index (κ2) is 7.76. The molecule has 0 unspecified atom stereocenters. The van der Waals surface area contributed by atoms with Gasteiger partial charge in [-0.15, -0.1) is 0 Å². The summed E-state index contributed by atoms with van der Waals surface area (Å²) >= 11 is 12.1. The van der Waals surface area contributed by atoms with E-state index >= 15 is 0 Å². The van der Waals surface area contributed by atoms with Crippen molar-refractivity contribution in [2.75, 3.05) is 5.32 Å². The van der Waals surface area contributed by atoms with Crippen molar-refractivity contribution >= 4 is 40.8 Å². The number of nitrogens with one attached hydrogen (secondary N) is 3. The molecule has 1 fully saturated rings. The Balaban J connectivity index is 1.61. The third kappa shape index (κ3) is 4.87. The Morgan fingerprint density at radius 1 is 1.04 bits per heavy atom. The molecule has 2 aromatic carbocycles. The molecule has 0 atom stereocenters. The summed E-state index contributed by atoms with van der Waals surface area (Å²) < 4.78 is 0. The van der Waals surface area contributed by atoms with E-state index in [0.717, 1.165) is 18.4 Å². The number of carbonyl (C=O) groups is 2. The van der Waals surface area contributed by atoms with E-state index in [1.165, 1.54) is 0 Å². The molecule has 1 saturated carbocycles. The van der Waals surface area contributed by atoms with Crippen molar-refractivity contribution in [3.63, 3.8) is 0 Å². The lowest BCUT2D eigenvalue weighted by Gasteiger charge is -2.11. The molecule has 0 spiro atoms. The van der Waals surface area contributed by atoms with Gasteiger partial charge in [-0.05, 0) is 42.7 Å². The molecule has 1 aliphatic carbocycles. The van der Waals surface area contributed by atoms with Crippen LogP contribution >= 0.6 is 23.2 Å². The van der Waals surface area contributed by atoms with Crippen molar-refractivity contribution in [2.45, 2.75) is 25.4 Å². The first-order valence-electron chi connectivity index (χ1n) is 7.91. The van der Waals surface area contributed by atoms with Crippen LogP contribution in [0.4, 0.5) is 10.5 Å². The number of rotatable bonds is 5. The van der Waals surface area contributed by atoms with Gasteiger partial charge in [-0.1, -0.05) is 41.4 Å². The highest BCUT2D eigenvalue weighted by Gasteiger charge is 2.24. The average molecular weight is 378 g/mol. The summed E-state index contributed by atoms with van der Waals surface area (Å²) in [6.07, 6.45) is 1.98. The van der Waals surface area contributed by atoms with Crippen LogP contribution in [0.15, 0.2) is 42.5 Å². The molecule has 0 heterocycles. The standard InChI is InChI=1S/C18H17Cl2N3O2/c19-15-4-2-1-3-11(15)10-21-18(25)23-13-7-8-16(20)14(9-13)17(24)22-12-5-6-12/h1-4,7-9,12H,5-6,10H2,(H,22,24)(H2,21,23,25). The van der Waals surface area contributed by atoms with Crippen LogP contribution in [-0.2, 0) is 6.54 Å². The lowest BCUT2D eigenvalue weighted by molar-refractivity contribution is 0.0951. The summed E-state index contributed by atoms with van der Waals surface area (Å²) in [4.78, 5) is 24.2. The van der Waals surface area contributed by atoms with Gasteiger partial charge in [0.15, 0.2) is 0 Å². The molecular weight excluding hydrogens is 361 g/mol. The van der Waals surface area contributed by atoms with Crippen molar-refractivity contribution in [2.24, 2.45) is 0 Å². The number of benzene rings is 2. The maximum absolute atomic E-state index is 12.2. The van der Waals surface area contributed by atoms with Crippen molar-refractivity contribution in [1.29, 1.82) is 0 Å². The number of halogens is 2. The van der Waals surface area contributed by atoms with Crippen LogP contribution < -0.4 is 16.0 Å². The monoisotopic (exact) mass is 377 g/mol. The molecule has 130 valence electrons. The number of amides is 3. The summed E-state index contributed by atoms with van der Waals surface area (Å²) in [5.74, 6) is -0.229. The fraction of sp³-hybridized carbons (Fsp3) is 0.222. The quantitative estimate of drug-likeness (QED) is 0.730. The molecule has 3 N–H and O–H groups in total. The van der Waals surface area contributed by atoms with Crippen molar-refractivity contribution in [1.82, 2.24) is 10.6 Å². The third-order valence-corrected chi connectivity index (χ3v) is 4.48. The largest absolute Gasteiger partial charge is 0.349 e. The molecule has 3 amide bonds. The van der Waals surface area contributed by atoms with Crippen LogP contribution in [0.3, 0.4) is 0 Å². The van der Waals surface area contributed by atoms with Crippen LogP contribution in [0.5, 0.6) is 0 Å². The molecule has 0 saturated heterocycles. The van der Waals surface area contributed by atoms with Crippen molar-refractivity contribution in [3.8, 4) is 0 Å². The predicted molar refractivity (Wildman–Crippen MR) is 99.3 cm³/mol. The van der Waals surface area contributed by atoms with Gasteiger partial charge >= 0.3 is 6.03 Å². The minimum absolute atomic E-state index is 0.229. The zero-order valence-electron chi connectivity index (χ0n) is 13.3. The summed E-state index contributed by atoms with van der Waals surface area (Å²) in [6, 6.07) is 11.9. The van der Waals surface area contributed by atoms with E-state index in [4.69, 9.17) is 23.2 Å². The van der Waals surface area contributed by atoms with Gasteiger partial charge in [0.2, 0.25) is 0 Å². The molecule has 0 radical (unpaired) electrons. The molecule has 0 aliphatic heterocycles. The molecule has 3 rings (SSSR count). The summed E-state index contributed by atoms with van der Waals surface area (Å²) in [5.41, 5.74) is 1.65. The minimum atomic E-state index is -0.393. The fourth-order valence-electron chi connectivity index (χ4n) is 2.26. The number of hydrogen-bond acceptors (Lipinski definition) is 2. The molecule has 0 bridgehead atoms. The highest BCUT2D eigenvalue weighted by molar-refractivity contribution is 6.34. The summed E-state index contributed by atoms with van der Waals surface area (Å²) in [7, 11) is 0. The Labute approximate surface area is 155 Å². The molecular formula is C18H17Cl2N3O2. The molecule has 1 aliphatic rings. The lowest BCUT2D eigenvalue weighted by atomic mass is 10.2. The first-order chi connectivity index (χ1) is 12.0. The van der Waals surface area contributed by atoms with Gasteiger partial charge in [0.1, 0.15) is 0 Å². The van der Waals surface area contributed by atoms with E-state index in [1.807, 2.05) is 18.2 Å². The number of anilines is 1. The van der Waals surface area contributed by atoms with Gasteiger partial charge in [0.05, 0.1) is 10.6 Å². The van der Waals surface area contributed by atoms with Gasteiger partial charge in [0.25, 0.3) is 5.91 Å². The SMILES string of the molecule is O=C(NCc1ccccc1Cl)Nc1ccc(Cl)c(C(=O)NC2CC2)c1. The number of carbonyl (C=O) groups excluding carboxylic acids is 2. The van der Waals surface area contributed by atoms with Gasteiger partial charge in [-0.2, -0.15) is 0 Å². The lowest BCUT2D eigenvalue weighted by Crippen LogP contribution is -2.29. The van der Waals surface area contributed by atoms with Gasteiger partial charge < -0.3 is 16.0 Å². The van der Waals surface area contributed by atoms with E-state index in [0.29, 0.717) is 27.8 Å². The smallest absolute Gasteiger partial charge is 0.319 e. The maximum atomic E-state index is 12.2. The van der Waals surface area contributed by atoms with Gasteiger partial charge in [-0.25, -0.2) is 4.79 Å². The number of hydrogen-bond donors (Lipinski definition) is 3. The molecule has 25 heavy (non-hydrogen) atoms. The number of urea groups is 1. The van der Waals surface area contributed by atoms with Crippen LogP contribution in [0, 0.1) is 0 Å². The Morgan fingerprint density at radius 3 is 2.52 bits per heavy atom. The normalized spacial score (nSPS) is 13.2. The first-order valence-corrected chi connectivity index (χ1v) is 8.67. The van der Waals surface area contributed by atoms with Crippen LogP contribution in [0.2, 0.25) is 10.0 Å². The fourth-order valence-corrected chi connectivity index (χ4v) is 2.67. The van der Waals surface area contributed by atoms with Crippen LogP contribution in [-0.4, -0.2) is 18.0 Å². The summed E-state index contributed by atoms with van der Waals surface area (Å²) in [5, 5.41) is 9.23. The van der Waals surface area contributed by atoms with Crippen LogP contribution in [0.1, 0.15) is 28.8 Å². The highest BCUT2D eigenvalue weighted by atomic mass is 35.5. The Bertz CT molecular complexity index is 807. The Kier molecular flexibility index (Phi) is 5.46. The van der Waals surface area contributed by atoms with E-state index in [2.05, 4.69) is 16.0 Å². The summed E-state index contributed by atoms with van der Waals surface area (Å²) in [6.45, 7) is 0.300. The van der Waals surface area contributed by atoms with Crippen molar-refractivity contribution in [3.05, 3.63) is 63.6 Å². The first kappa shape index (κ1) is 17.6. The van der Waals surface area contributed by atoms with Crippen LogP contribution in [0.25, 0.3) is 0 Å². The zero-order valence-corrected chi connectivity index (χ0v) is 14.8. The minimum Gasteiger partial charge on any atom is -0.349 e. The Hall–Kier alpha value is -2.24. The maximum Gasteiger partial charge on any atom is 0.319 e. The predicted octanol–water partition coefficient (Wildman–Crippen LogP) is 4.21. The second-order valence-corrected chi connectivity index (χ2v) is 6.66. The van der Waals surface area contributed by atoms with E-state index < -0.39 is 6.03 Å². The molecule has 2 aromatic rings. The topological polar surface area (TPSA) is 70.2 Å². The van der Waals surface area contributed by atoms with E-state index in [-0.39, 0.29) is 11.9 Å². The van der Waals surface area contributed by atoms with Gasteiger partial charge in [-0.3, -0.25) is 4.79 Å². The average Bonchev–Trinajstić information content (AvgIpc) is 3.40. The second-order valence-electron chi connectivity index (χ2n) is 5.84. The molecule has 5 nitrogen and oxygen atoms in total. The third-order valence-electron chi connectivity index (χ3n) is 3.78. The van der Waals surface area contributed by atoms with Gasteiger partial charge in [0, 0.05) is 23.3 Å².